The largest absolute Gasteiger partial charge is 0.459 e. The van der Waals surface area contributed by atoms with Gasteiger partial charge in [-0.05, 0) is 6.42 Å². The fourth-order valence-corrected chi connectivity index (χ4v) is 1.74. The molecule has 2 heterocycles. The van der Waals surface area contributed by atoms with Crippen molar-refractivity contribution >= 4 is 5.82 Å². The Labute approximate surface area is 95.6 Å². The highest BCUT2D eigenvalue weighted by Gasteiger charge is 2.21. The second kappa shape index (κ2) is 5.21. The van der Waals surface area contributed by atoms with Crippen LogP contribution in [0.5, 0.6) is 6.01 Å². The van der Waals surface area contributed by atoms with E-state index in [1.54, 1.807) is 0 Å². The lowest BCUT2D eigenvalue weighted by Crippen LogP contribution is -2.30. The van der Waals surface area contributed by atoms with E-state index in [0.29, 0.717) is 18.4 Å². The van der Waals surface area contributed by atoms with E-state index in [1.807, 2.05) is 10.8 Å². The number of aromatic nitrogens is 2. The monoisotopic (exact) mass is 225 g/mol. The van der Waals surface area contributed by atoms with Crippen molar-refractivity contribution in [2.24, 2.45) is 0 Å². The third-order valence-electron chi connectivity index (χ3n) is 2.67. The van der Waals surface area contributed by atoms with Crippen molar-refractivity contribution in [2.45, 2.75) is 38.8 Å². The Morgan fingerprint density at radius 3 is 3.38 bits per heavy atom. The first-order valence-electron chi connectivity index (χ1n) is 5.86. The third kappa shape index (κ3) is 2.66. The zero-order valence-corrected chi connectivity index (χ0v) is 9.69. The van der Waals surface area contributed by atoms with E-state index in [4.69, 9.17) is 15.2 Å². The maximum atomic E-state index is 5.68. The van der Waals surface area contributed by atoms with Crippen LogP contribution < -0.4 is 10.5 Å². The van der Waals surface area contributed by atoms with Crippen LogP contribution in [0.2, 0.25) is 0 Å². The zero-order valence-electron chi connectivity index (χ0n) is 9.69. The van der Waals surface area contributed by atoms with Gasteiger partial charge in [-0.1, -0.05) is 13.3 Å². The van der Waals surface area contributed by atoms with Gasteiger partial charge in [-0.15, -0.1) is 0 Å². The smallest absolute Gasteiger partial charge is 0.298 e. The molecule has 1 aliphatic heterocycles. The molecule has 0 spiro atoms. The van der Waals surface area contributed by atoms with Crippen LogP contribution in [0.3, 0.4) is 0 Å². The average Bonchev–Trinajstić information content (AvgIpc) is 2.64. The molecule has 0 radical (unpaired) electrons. The quantitative estimate of drug-likeness (QED) is 0.770. The number of ether oxygens (including phenoxy) is 2. The van der Waals surface area contributed by atoms with Crippen molar-refractivity contribution < 1.29 is 9.47 Å². The predicted molar refractivity (Wildman–Crippen MR) is 61.4 cm³/mol. The lowest BCUT2D eigenvalue weighted by molar-refractivity contribution is 0.0243. The Balaban J connectivity index is 1.79. The molecule has 16 heavy (non-hydrogen) atoms. The van der Waals surface area contributed by atoms with Crippen LogP contribution in [-0.4, -0.2) is 28.9 Å². The summed E-state index contributed by atoms with van der Waals surface area (Å²) in [6, 6.07) is 0.618. The lowest BCUT2D eigenvalue weighted by Gasteiger charge is -2.23. The molecular formula is C11H19N3O2. The summed E-state index contributed by atoms with van der Waals surface area (Å²) in [6.07, 6.45) is 5.14. The highest BCUT2D eigenvalue weighted by atomic mass is 16.5. The fraction of sp³-hybridized carbons (Fsp3) is 0.727. The van der Waals surface area contributed by atoms with Gasteiger partial charge in [0.2, 0.25) is 0 Å². The molecule has 2 N–H and O–H groups in total. The van der Waals surface area contributed by atoms with Crippen molar-refractivity contribution in [3.05, 3.63) is 6.20 Å². The predicted octanol–water partition coefficient (Wildman–Crippen LogP) is 1.43. The highest BCUT2D eigenvalue weighted by Crippen LogP contribution is 2.21. The van der Waals surface area contributed by atoms with Gasteiger partial charge in [-0.3, -0.25) is 4.57 Å². The SMILES string of the molecule is CCCCOC[C@H]1CCn2cc(N)nc2O1. The van der Waals surface area contributed by atoms with E-state index < -0.39 is 0 Å². The number of imidazole rings is 1. The van der Waals surface area contributed by atoms with Gasteiger partial charge < -0.3 is 15.2 Å². The average molecular weight is 225 g/mol. The molecule has 0 saturated carbocycles. The topological polar surface area (TPSA) is 62.3 Å². The summed E-state index contributed by atoms with van der Waals surface area (Å²) in [6.45, 7) is 4.51. The van der Waals surface area contributed by atoms with Gasteiger partial charge in [0.15, 0.2) is 0 Å². The van der Waals surface area contributed by atoms with Gasteiger partial charge in [0, 0.05) is 19.6 Å². The molecule has 0 aromatic carbocycles. The van der Waals surface area contributed by atoms with Crippen molar-refractivity contribution in [2.75, 3.05) is 18.9 Å². The number of hydrogen-bond acceptors (Lipinski definition) is 4. The summed E-state index contributed by atoms with van der Waals surface area (Å²) in [5.74, 6) is 0.516. The normalized spacial score (nSPS) is 19.2. The summed E-state index contributed by atoms with van der Waals surface area (Å²) in [4.78, 5) is 4.11. The van der Waals surface area contributed by atoms with Gasteiger partial charge in [-0.2, -0.15) is 4.98 Å². The van der Waals surface area contributed by atoms with E-state index in [-0.39, 0.29) is 6.10 Å². The van der Waals surface area contributed by atoms with Gasteiger partial charge in [-0.25, -0.2) is 0 Å². The Kier molecular flexibility index (Phi) is 3.66. The number of fused-ring (bicyclic) bond motifs is 1. The molecule has 1 atom stereocenters. The van der Waals surface area contributed by atoms with Crippen molar-refractivity contribution in [1.29, 1.82) is 0 Å². The van der Waals surface area contributed by atoms with Gasteiger partial charge >= 0.3 is 0 Å². The second-order valence-electron chi connectivity index (χ2n) is 4.10. The summed E-state index contributed by atoms with van der Waals surface area (Å²) >= 11 is 0. The van der Waals surface area contributed by atoms with Crippen molar-refractivity contribution in [3.8, 4) is 6.01 Å². The Morgan fingerprint density at radius 1 is 1.69 bits per heavy atom. The summed E-state index contributed by atoms with van der Waals surface area (Å²) in [5, 5.41) is 0. The minimum absolute atomic E-state index is 0.117. The lowest BCUT2D eigenvalue weighted by atomic mass is 10.2. The molecule has 0 fully saturated rings. The Hall–Kier alpha value is -1.23. The molecule has 2 rings (SSSR count). The number of anilines is 1. The van der Waals surface area contributed by atoms with E-state index >= 15 is 0 Å². The van der Waals surface area contributed by atoms with E-state index in [2.05, 4.69) is 11.9 Å². The standard InChI is InChI=1S/C11H19N3O2/c1-2-3-6-15-8-9-4-5-14-7-10(12)13-11(14)16-9/h7,9H,2-6,8,12H2,1H3/t9-/m1/s1. The molecule has 1 aromatic rings. The van der Waals surface area contributed by atoms with Crippen LogP contribution >= 0.6 is 0 Å². The van der Waals surface area contributed by atoms with E-state index in [1.165, 1.54) is 0 Å². The maximum absolute atomic E-state index is 5.68. The van der Waals surface area contributed by atoms with Crippen LogP contribution in [0.15, 0.2) is 6.20 Å². The summed E-state index contributed by atoms with van der Waals surface area (Å²) in [5.41, 5.74) is 5.60. The van der Waals surface area contributed by atoms with Crippen LogP contribution in [0.4, 0.5) is 5.82 Å². The number of nitrogens with zero attached hydrogens (tertiary/aromatic N) is 2. The highest BCUT2D eigenvalue weighted by molar-refractivity contribution is 5.28. The second-order valence-corrected chi connectivity index (χ2v) is 4.10. The van der Waals surface area contributed by atoms with Crippen molar-refractivity contribution in [3.63, 3.8) is 0 Å². The van der Waals surface area contributed by atoms with Gasteiger partial charge in [0.1, 0.15) is 11.9 Å². The number of nitrogen functional groups attached to an aromatic ring is 1. The van der Waals surface area contributed by atoms with Crippen molar-refractivity contribution in [1.82, 2.24) is 9.55 Å². The molecule has 5 nitrogen and oxygen atoms in total. The first kappa shape index (κ1) is 11.3. The molecule has 0 saturated heterocycles. The molecule has 0 aliphatic carbocycles. The molecule has 0 bridgehead atoms. The van der Waals surface area contributed by atoms with Gasteiger partial charge in [0.05, 0.1) is 12.8 Å². The van der Waals surface area contributed by atoms with E-state index in [9.17, 15) is 0 Å². The molecule has 5 heteroatoms. The third-order valence-corrected chi connectivity index (χ3v) is 2.67. The maximum Gasteiger partial charge on any atom is 0.298 e. The first-order chi connectivity index (χ1) is 7.79. The molecule has 1 aliphatic rings. The number of rotatable bonds is 5. The van der Waals surface area contributed by atoms with Crippen LogP contribution in [-0.2, 0) is 11.3 Å². The zero-order chi connectivity index (χ0) is 11.4. The van der Waals surface area contributed by atoms with E-state index in [0.717, 1.165) is 32.4 Å². The number of nitrogens with two attached hydrogens (primary N) is 1. The summed E-state index contributed by atoms with van der Waals surface area (Å²) < 4.78 is 13.2. The first-order valence-corrected chi connectivity index (χ1v) is 5.86. The Bertz CT molecular complexity index is 338. The summed E-state index contributed by atoms with van der Waals surface area (Å²) in [7, 11) is 0. The van der Waals surface area contributed by atoms with Gasteiger partial charge in [0.25, 0.3) is 6.01 Å². The number of aryl methyl sites for hydroxylation is 1. The molecule has 0 unspecified atom stereocenters. The Morgan fingerprint density at radius 2 is 2.56 bits per heavy atom. The molecule has 90 valence electrons. The fourth-order valence-electron chi connectivity index (χ4n) is 1.74. The van der Waals surface area contributed by atoms with Crippen LogP contribution in [0.1, 0.15) is 26.2 Å². The molecular weight excluding hydrogens is 206 g/mol. The number of hydrogen-bond donors (Lipinski definition) is 1. The van der Waals surface area contributed by atoms with Crippen LogP contribution in [0, 0.1) is 0 Å². The van der Waals surface area contributed by atoms with Crippen LogP contribution in [0.25, 0.3) is 0 Å². The minimum atomic E-state index is 0.117. The molecule has 0 amide bonds. The minimum Gasteiger partial charge on any atom is -0.459 e. The number of unbranched alkanes of at least 4 members (excludes halogenated alkanes) is 1. The molecule has 1 aromatic heterocycles.